The predicted molar refractivity (Wildman–Crippen MR) is 108 cm³/mol. The lowest BCUT2D eigenvalue weighted by Crippen LogP contribution is -2.68. The van der Waals surface area contributed by atoms with Crippen LogP contribution >= 0.6 is 0 Å². The van der Waals surface area contributed by atoms with Crippen LogP contribution in [0.2, 0.25) is 0 Å². The number of aromatic hydroxyl groups is 1. The lowest BCUT2D eigenvalue weighted by molar-refractivity contribution is -0.124. The van der Waals surface area contributed by atoms with Crippen molar-refractivity contribution >= 4 is 11.4 Å². The molecule has 4 nitrogen and oxygen atoms in total. The lowest BCUT2D eigenvalue weighted by atomic mass is 9.57. The number of ketones is 1. The maximum atomic E-state index is 12.6. The first kappa shape index (κ1) is 17.1. The van der Waals surface area contributed by atoms with E-state index >= 15 is 0 Å². The summed E-state index contributed by atoms with van der Waals surface area (Å²) in [7, 11) is 1.61. The summed E-state index contributed by atoms with van der Waals surface area (Å²) in [4.78, 5) is 15.4. The van der Waals surface area contributed by atoms with E-state index < -0.39 is 0 Å². The molecule has 3 saturated carbocycles. The van der Waals surface area contributed by atoms with Crippen molar-refractivity contribution in [1.29, 1.82) is 0 Å². The normalized spacial score (nSPS) is 37.9. The van der Waals surface area contributed by atoms with Gasteiger partial charge in [0.2, 0.25) is 0 Å². The zero-order valence-electron chi connectivity index (χ0n) is 16.9. The van der Waals surface area contributed by atoms with E-state index in [-0.39, 0.29) is 16.6 Å². The number of hydrogen-bond donors (Lipinski definition) is 1. The second-order valence-electron chi connectivity index (χ2n) is 10.2. The number of hydrogen-bond acceptors (Lipinski definition) is 4. The molecule has 2 spiro atoms. The zero-order valence-corrected chi connectivity index (χ0v) is 16.9. The standard InChI is InChI=1S/C24H29NO3/c1-13(2)16-8-18(28-3)21(27)20-19(16)24-11-23(20)9-15(26)6-7-17(23)22(24)25(12-24)10-14-4-5-14/h8,14,17,22,27H,1,4-7,9-12H2,2-3H3/t17?,22?,23-,24?/m0/s1. The number of phenols is 1. The van der Waals surface area contributed by atoms with E-state index in [1.54, 1.807) is 7.11 Å². The van der Waals surface area contributed by atoms with Crippen LogP contribution < -0.4 is 4.74 Å². The van der Waals surface area contributed by atoms with Gasteiger partial charge in [-0.1, -0.05) is 12.2 Å². The number of benzene rings is 1. The minimum Gasteiger partial charge on any atom is -0.504 e. The molecule has 0 amide bonds. The summed E-state index contributed by atoms with van der Waals surface area (Å²) in [5.41, 5.74) is 4.35. The molecule has 0 aromatic heterocycles. The maximum Gasteiger partial charge on any atom is 0.161 e. The fourth-order valence-electron chi connectivity index (χ4n) is 7.60. The number of methoxy groups -OCH3 is 1. The largest absolute Gasteiger partial charge is 0.504 e. The summed E-state index contributed by atoms with van der Waals surface area (Å²) in [6, 6.07) is 2.50. The summed E-state index contributed by atoms with van der Waals surface area (Å²) in [5.74, 6) is 2.51. The molecule has 1 saturated heterocycles. The molecule has 5 aliphatic rings. The van der Waals surface area contributed by atoms with Crippen molar-refractivity contribution in [2.75, 3.05) is 20.2 Å². The quantitative estimate of drug-likeness (QED) is 0.865. The van der Waals surface area contributed by atoms with Gasteiger partial charge in [0.05, 0.1) is 7.11 Å². The number of phenolic OH excluding ortho intramolecular Hbond substituents is 1. The average molecular weight is 380 g/mol. The number of Topliss-reactive ketones (excluding diaryl/α,β-unsaturated/α-hetero) is 1. The summed E-state index contributed by atoms with van der Waals surface area (Å²) >= 11 is 0. The van der Waals surface area contributed by atoms with Crippen molar-refractivity contribution in [3.8, 4) is 11.5 Å². The minimum absolute atomic E-state index is 0.0809. The van der Waals surface area contributed by atoms with E-state index in [0.717, 1.165) is 42.0 Å². The van der Waals surface area contributed by atoms with Crippen LogP contribution in [0.25, 0.3) is 5.57 Å². The first-order chi connectivity index (χ1) is 13.4. The van der Waals surface area contributed by atoms with Crippen molar-refractivity contribution in [1.82, 2.24) is 4.90 Å². The third kappa shape index (κ3) is 1.84. The van der Waals surface area contributed by atoms with E-state index in [0.29, 0.717) is 36.3 Å². The number of rotatable bonds is 4. The highest BCUT2D eigenvalue weighted by molar-refractivity contribution is 5.85. The van der Waals surface area contributed by atoms with E-state index in [4.69, 9.17) is 4.74 Å². The Morgan fingerprint density at radius 1 is 1.32 bits per heavy atom. The molecule has 1 N–H and O–H groups in total. The maximum absolute atomic E-state index is 12.6. The first-order valence-corrected chi connectivity index (χ1v) is 10.8. The van der Waals surface area contributed by atoms with Crippen molar-refractivity contribution in [2.24, 2.45) is 11.8 Å². The fourth-order valence-corrected chi connectivity index (χ4v) is 7.60. The van der Waals surface area contributed by atoms with Gasteiger partial charge in [-0.05, 0) is 61.6 Å². The highest BCUT2D eigenvalue weighted by Gasteiger charge is 2.76. The van der Waals surface area contributed by atoms with Crippen LogP contribution in [0.4, 0.5) is 0 Å². The monoisotopic (exact) mass is 379 g/mol. The van der Waals surface area contributed by atoms with Gasteiger partial charge in [0.25, 0.3) is 0 Å². The third-order valence-electron chi connectivity index (χ3n) is 8.54. The van der Waals surface area contributed by atoms with Gasteiger partial charge in [-0.3, -0.25) is 9.69 Å². The van der Waals surface area contributed by atoms with E-state index in [1.807, 2.05) is 13.0 Å². The molecule has 2 bridgehead atoms. The summed E-state index contributed by atoms with van der Waals surface area (Å²) in [5, 5.41) is 11.2. The van der Waals surface area contributed by atoms with E-state index in [9.17, 15) is 9.90 Å². The minimum atomic E-state index is -0.212. The Kier molecular flexibility index (Phi) is 3.18. The number of likely N-dealkylation sites (tertiary alicyclic amines) is 1. The number of allylic oxidation sites excluding steroid dienone is 1. The molecule has 148 valence electrons. The molecule has 4 heteroatoms. The number of ether oxygens (including phenoxy) is 1. The van der Waals surface area contributed by atoms with Crippen LogP contribution in [0.1, 0.15) is 62.1 Å². The molecular formula is C24H29NO3. The van der Waals surface area contributed by atoms with Gasteiger partial charge in [-0.2, -0.15) is 0 Å². The smallest absolute Gasteiger partial charge is 0.161 e. The van der Waals surface area contributed by atoms with E-state index in [2.05, 4.69) is 11.5 Å². The van der Waals surface area contributed by atoms with Gasteiger partial charge in [0.15, 0.2) is 11.5 Å². The summed E-state index contributed by atoms with van der Waals surface area (Å²) in [6.45, 7) is 8.58. The second kappa shape index (κ2) is 5.21. The Bertz CT molecular complexity index is 932. The van der Waals surface area contributed by atoms with Gasteiger partial charge < -0.3 is 9.84 Å². The van der Waals surface area contributed by atoms with Crippen molar-refractivity contribution < 1.29 is 14.6 Å². The van der Waals surface area contributed by atoms with Gasteiger partial charge in [-0.15, -0.1) is 0 Å². The fraction of sp³-hybridized carbons (Fsp3) is 0.625. The summed E-state index contributed by atoms with van der Waals surface area (Å²) < 4.78 is 5.55. The highest BCUT2D eigenvalue weighted by atomic mass is 16.5. The van der Waals surface area contributed by atoms with Crippen LogP contribution in [0.3, 0.4) is 0 Å². The molecule has 1 aromatic rings. The van der Waals surface area contributed by atoms with Gasteiger partial charge in [-0.25, -0.2) is 0 Å². The average Bonchev–Trinajstić information content (AvgIpc) is 3.36. The molecular weight excluding hydrogens is 350 g/mol. The van der Waals surface area contributed by atoms with Crippen molar-refractivity contribution in [2.45, 2.75) is 62.3 Å². The van der Waals surface area contributed by atoms with Crippen LogP contribution in [0.15, 0.2) is 12.6 Å². The predicted octanol–water partition coefficient (Wildman–Crippen LogP) is 3.79. The third-order valence-corrected chi connectivity index (χ3v) is 8.54. The Morgan fingerprint density at radius 2 is 2.11 bits per heavy atom. The Hall–Kier alpha value is -1.81. The molecule has 28 heavy (non-hydrogen) atoms. The number of carbonyl (C=O) groups is 1. The van der Waals surface area contributed by atoms with Gasteiger partial charge in [0, 0.05) is 48.4 Å². The Labute approximate surface area is 166 Å². The van der Waals surface area contributed by atoms with Gasteiger partial charge in [0.1, 0.15) is 5.78 Å². The lowest BCUT2D eigenvalue weighted by Gasteiger charge is -2.59. The SMILES string of the molecule is C=C(C)c1cc(OC)c(O)c2c1C13CN(CC4CC4)C1C1CCC(=O)C[C@@]21C3. The topological polar surface area (TPSA) is 49.8 Å². The van der Waals surface area contributed by atoms with Crippen molar-refractivity contribution in [3.05, 3.63) is 29.3 Å². The first-order valence-electron chi connectivity index (χ1n) is 10.8. The summed E-state index contributed by atoms with van der Waals surface area (Å²) in [6.07, 6.45) is 6.00. The van der Waals surface area contributed by atoms with Gasteiger partial charge >= 0.3 is 0 Å². The molecule has 4 aliphatic carbocycles. The van der Waals surface area contributed by atoms with Crippen molar-refractivity contribution in [3.63, 3.8) is 0 Å². The molecule has 1 heterocycles. The highest BCUT2D eigenvalue weighted by Crippen LogP contribution is 2.74. The molecule has 6 rings (SSSR count). The Morgan fingerprint density at radius 3 is 2.79 bits per heavy atom. The van der Waals surface area contributed by atoms with Crippen LogP contribution in [0, 0.1) is 11.8 Å². The molecule has 1 aromatic carbocycles. The molecule has 1 aliphatic heterocycles. The zero-order chi connectivity index (χ0) is 19.4. The van der Waals surface area contributed by atoms with E-state index in [1.165, 1.54) is 24.9 Å². The molecule has 4 atom stereocenters. The molecule has 3 unspecified atom stereocenters. The van der Waals surface area contributed by atoms with Crippen LogP contribution in [-0.2, 0) is 15.6 Å². The van der Waals surface area contributed by atoms with Crippen LogP contribution in [0.5, 0.6) is 11.5 Å². The molecule has 4 fully saturated rings. The molecule has 0 radical (unpaired) electrons. The Balaban J connectivity index is 1.59. The number of carbonyl (C=O) groups excluding carboxylic acids is 1. The number of fused-ring (bicyclic) bond motifs is 2. The van der Waals surface area contributed by atoms with Crippen LogP contribution in [-0.4, -0.2) is 42.0 Å². The number of nitrogens with zero attached hydrogens (tertiary/aromatic N) is 1. The second-order valence-corrected chi connectivity index (χ2v) is 10.2.